The third-order valence-electron chi connectivity index (χ3n) is 2.96. The number of hydrogen-bond acceptors (Lipinski definition) is 1. The van der Waals surface area contributed by atoms with E-state index >= 15 is 0 Å². The molecule has 0 heterocycles. The number of halogens is 1. The Morgan fingerprint density at radius 3 is 2.39 bits per heavy atom. The van der Waals surface area contributed by atoms with Crippen LogP contribution in [-0.2, 0) is 11.2 Å². The number of rotatable bonds is 8. The molecule has 0 aliphatic rings. The van der Waals surface area contributed by atoms with E-state index in [0.717, 1.165) is 12.0 Å². The van der Waals surface area contributed by atoms with Crippen LogP contribution in [-0.4, -0.2) is 5.24 Å². The molecule has 0 fully saturated rings. The summed E-state index contributed by atoms with van der Waals surface area (Å²) in [5.74, 6) is 0. The van der Waals surface area contributed by atoms with Crippen LogP contribution in [0.2, 0.25) is 0 Å². The summed E-state index contributed by atoms with van der Waals surface area (Å²) >= 11 is 5.24. The maximum atomic E-state index is 10.6. The highest BCUT2D eigenvalue weighted by Crippen LogP contribution is 2.11. The fourth-order valence-electron chi connectivity index (χ4n) is 1.89. The topological polar surface area (TPSA) is 17.1 Å². The first-order valence-corrected chi connectivity index (χ1v) is 7.06. The molecule has 0 unspecified atom stereocenters. The van der Waals surface area contributed by atoms with Gasteiger partial charge in [-0.25, -0.2) is 0 Å². The minimum atomic E-state index is -0.435. The normalized spacial score (nSPS) is 11.0. The van der Waals surface area contributed by atoms with E-state index in [4.69, 9.17) is 11.6 Å². The lowest BCUT2D eigenvalue weighted by Crippen LogP contribution is -1.86. The van der Waals surface area contributed by atoms with Gasteiger partial charge in [0.25, 0.3) is 0 Å². The molecule has 0 radical (unpaired) electrons. The van der Waals surface area contributed by atoms with Crippen LogP contribution in [0, 0.1) is 0 Å². The van der Waals surface area contributed by atoms with Crippen LogP contribution < -0.4 is 0 Å². The summed E-state index contributed by atoms with van der Waals surface area (Å²) in [6, 6.07) is 8.30. The molecule has 0 aromatic heterocycles. The van der Waals surface area contributed by atoms with Crippen molar-refractivity contribution in [3.05, 3.63) is 41.5 Å². The first-order chi connectivity index (χ1) is 8.72. The van der Waals surface area contributed by atoms with Gasteiger partial charge in [0.05, 0.1) is 0 Å². The minimum absolute atomic E-state index is 0.435. The number of benzene rings is 1. The number of carbonyl (C=O) groups is 1. The predicted octanol–water partition coefficient (Wildman–Crippen LogP) is 4.98. The lowest BCUT2D eigenvalue weighted by molar-refractivity contribution is -0.107. The van der Waals surface area contributed by atoms with Gasteiger partial charge >= 0.3 is 0 Å². The van der Waals surface area contributed by atoms with E-state index < -0.39 is 5.24 Å². The maximum absolute atomic E-state index is 10.6. The zero-order chi connectivity index (χ0) is 13.2. The number of allylic oxidation sites excluding steroid dienone is 1. The third-order valence-corrected chi connectivity index (χ3v) is 3.08. The third kappa shape index (κ3) is 6.61. The molecular weight excluding hydrogens is 244 g/mol. The van der Waals surface area contributed by atoms with Gasteiger partial charge in [-0.1, -0.05) is 62.9 Å². The molecule has 1 aromatic carbocycles. The van der Waals surface area contributed by atoms with Gasteiger partial charge in [-0.05, 0) is 41.6 Å². The first-order valence-electron chi connectivity index (χ1n) is 6.69. The SMILES string of the molecule is CCCCCCCc1ccc(C=CC(=O)Cl)cc1. The second kappa shape index (κ2) is 8.93. The van der Waals surface area contributed by atoms with Gasteiger partial charge < -0.3 is 0 Å². The Hall–Kier alpha value is -1.08. The predicted molar refractivity (Wildman–Crippen MR) is 78.8 cm³/mol. The highest BCUT2D eigenvalue weighted by molar-refractivity contribution is 6.66. The lowest BCUT2D eigenvalue weighted by atomic mass is 10.0. The summed E-state index contributed by atoms with van der Waals surface area (Å²) in [6.07, 6.45) is 10.8. The highest BCUT2D eigenvalue weighted by atomic mass is 35.5. The van der Waals surface area contributed by atoms with Gasteiger partial charge in [0.2, 0.25) is 5.24 Å². The molecule has 2 heteroatoms. The second-order valence-corrected chi connectivity index (χ2v) is 4.92. The molecule has 0 aliphatic carbocycles. The second-order valence-electron chi connectivity index (χ2n) is 4.54. The van der Waals surface area contributed by atoms with E-state index in [2.05, 4.69) is 19.1 Å². The smallest absolute Gasteiger partial charge is 0.245 e. The van der Waals surface area contributed by atoms with Crippen molar-refractivity contribution in [1.29, 1.82) is 0 Å². The largest absolute Gasteiger partial charge is 0.276 e. The Labute approximate surface area is 115 Å². The Morgan fingerprint density at radius 2 is 1.78 bits per heavy atom. The van der Waals surface area contributed by atoms with Crippen molar-refractivity contribution in [1.82, 2.24) is 0 Å². The first kappa shape index (κ1) is 15.0. The van der Waals surface area contributed by atoms with E-state index in [1.54, 1.807) is 6.08 Å². The molecule has 1 nitrogen and oxygen atoms in total. The maximum Gasteiger partial charge on any atom is 0.245 e. The van der Waals surface area contributed by atoms with E-state index in [9.17, 15) is 4.79 Å². The summed E-state index contributed by atoms with van der Waals surface area (Å²) < 4.78 is 0. The van der Waals surface area contributed by atoms with Crippen molar-refractivity contribution in [2.45, 2.75) is 45.4 Å². The highest BCUT2D eigenvalue weighted by Gasteiger charge is 1.94. The van der Waals surface area contributed by atoms with Crippen LogP contribution in [0.3, 0.4) is 0 Å². The van der Waals surface area contributed by atoms with Gasteiger partial charge in [0.1, 0.15) is 0 Å². The van der Waals surface area contributed by atoms with Gasteiger partial charge in [-0.15, -0.1) is 0 Å². The molecule has 0 bridgehead atoms. The summed E-state index contributed by atoms with van der Waals surface area (Å²) in [6.45, 7) is 2.23. The minimum Gasteiger partial charge on any atom is -0.276 e. The molecule has 0 spiro atoms. The van der Waals surface area contributed by atoms with Crippen molar-refractivity contribution in [3.63, 3.8) is 0 Å². The Kier molecular flexibility index (Phi) is 7.43. The van der Waals surface area contributed by atoms with Crippen LogP contribution in [0.1, 0.15) is 50.2 Å². The van der Waals surface area contributed by atoms with Gasteiger partial charge in [-0.3, -0.25) is 4.79 Å². The molecule has 18 heavy (non-hydrogen) atoms. The number of unbranched alkanes of at least 4 members (excludes halogenated alkanes) is 4. The molecular formula is C16H21ClO. The average molecular weight is 265 g/mol. The Bertz CT molecular complexity index is 379. The van der Waals surface area contributed by atoms with Crippen molar-refractivity contribution < 1.29 is 4.79 Å². The Morgan fingerprint density at radius 1 is 1.11 bits per heavy atom. The average Bonchev–Trinajstić information content (AvgIpc) is 2.37. The molecule has 98 valence electrons. The summed E-state index contributed by atoms with van der Waals surface area (Å²) in [4.78, 5) is 10.6. The van der Waals surface area contributed by atoms with E-state index in [1.165, 1.54) is 43.7 Å². The molecule has 0 saturated heterocycles. The number of hydrogen-bond donors (Lipinski definition) is 0. The summed E-state index contributed by atoms with van der Waals surface area (Å²) in [7, 11) is 0. The zero-order valence-corrected chi connectivity index (χ0v) is 11.7. The molecule has 0 N–H and O–H groups in total. The van der Waals surface area contributed by atoms with Gasteiger partial charge in [0, 0.05) is 0 Å². The fourth-order valence-corrected chi connectivity index (χ4v) is 1.95. The van der Waals surface area contributed by atoms with Crippen molar-refractivity contribution in [2.75, 3.05) is 0 Å². The lowest BCUT2D eigenvalue weighted by Gasteiger charge is -2.02. The molecule has 0 saturated carbocycles. The van der Waals surface area contributed by atoms with Gasteiger partial charge in [0.15, 0.2) is 0 Å². The Balaban J connectivity index is 2.34. The van der Waals surface area contributed by atoms with Crippen LogP contribution in [0.4, 0.5) is 0 Å². The molecule has 0 atom stereocenters. The quantitative estimate of drug-likeness (QED) is 0.368. The standard InChI is InChI=1S/C16H21ClO/c1-2-3-4-5-6-7-14-8-10-15(11-9-14)12-13-16(17)18/h8-13H,2-7H2,1H3. The zero-order valence-electron chi connectivity index (χ0n) is 11.0. The van der Waals surface area contributed by atoms with Crippen molar-refractivity contribution in [3.8, 4) is 0 Å². The fraction of sp³-hybridized carbons (Fsp3) is 0.438. The van der Waals surface area contributed by atoms with Crippen molar-refractivity contribution >= 4 is 22.9 Å². The monoisotopic (exact) mass is 264 g/mol. The van der Waals surface area contributed by atoms with Crippen LogP contribution in [0.25, 0.3) is 6.08 Å². The molecule has 0 aliphatic heterocycles. The van der Waals surface area contributed by atoms with Crippen LogP contribution in [0.5, 0.6) is 0 Å². The van der Waals surface area contributed by atoms with E-state index in [-0.39, 0.29) is 0 Å². The van der Waals surface area contributed by atoms with Gasteiger partial charge in [-0.2, -0.15) is 0 Å². The number of carbonyl (C=O) groups excluding carboxylic acids is 1. The molecule has 1 rings (SSSR count). The van der Waals surface area contributed by atoms with E-state index in [0.29, 0.717) is 0 Å². The van der Waals surface area contributed by atoms with Crippen LogP contribution >= 0.6 is 11.6 Å². The summed E-state index contributed by atoms with van der Waals surface area (Å²) in [5.41, 5.74) is 2.37. The summed E-state index contributed by atoms with van der Waals surface area (Å²) in [5, 5.41) is -0.435. The number of aryl methyl sites for hydroxylation is 1. The van der Waals surface area contributed by atoms with E-state index in [1.807, 2.05) is 12.1 Å². The van der Waals surface area contributed by atoms with Crippen LogP contribution in [0.15, 0.2) is 30.3 Å². The van der Waals surface area contributed by atoms with Crippen molar-refractivity contribution in [2.24, 2.45) is 0 Å². The molecule has 0 amide bonds. The molecule has 1 aromatic rings.